The van der Waals surface area contributed by atoms with E-state index in [9.17, 15) is 13.2 Å². The number of rotatable bonds is 5. The number of nitrogens with zero attached hydrogens (tertiary/aromatic N) is 1. The van der Waals surface area contributed by atoms with Gasteiger partial charge in [-0.3, -0.25) is 9.52 Å². The molecule has 0 saturated carbocycles. The molecule has 1 aromatic carbocycles. The molecule has 1 heterocycles. The van der Waals surface area contributed by atoms with Crippen LogP contribution in [0.4, 0.5) is 11.4 Å². The molecule has 1 amide bonds. The number of carbonyl (C=O) groups is 1. The fourth-order valence-corrected chi connectivity index (χ4v) is 2.74. The molecule has 0 aliphatic carbocycles. The SMILES string of the molecule is CCC(=O)Nc1cccc(NS(=O)(=O)c2cnc[nH]2)c1C. The largest absolute Gasteiger partial charge is 0.334 e. The zero-order chi connectivity index (χ0) is 15.5. The van der Waals surface area contributed by atoms with Crippen molar-refractivity contribution in [2.45, 2.75) is 25.3 Å². The van der Waals surface area contributed by atoms with E-state index in [0.29, 0.717) is 23.4 Å². The van der Waals surface area contributed by atoms with Crippen molar-refractivity contribution in [3.8, 4) is 0 Å². The average Bonchev–Trinajstić information content (AvgIpc) is 2.98. The lowest BCUT2D eigenvalue weighted by molar-refractivity contribution is -0.115. The number of aromatic nitrogens is 2. The lowest BCUT2D eigenvalue weighted by Gasteiger charge is -2.13. The number of carbonyl (C=O) groups excluding carboxylic acids is 1. The van der Waals surface area contributed by atoms with E-state index >= 15 is 0 Å². The van der Waals surface area contributed by atoms with Crippen LogP contribution in [0, 0.1) is 6.92 Å². The topological polar surface area (TPSA) is 104 Å². The van der Waals surface area contributed by atoms with E-state index in [1.807, 2.05) is 0 Å². The molecule has 0 aliphatic rings. The third-order valence-corrected chi connectivity index (χ3v) is 4.23. The smallest absolute Gasteiger partial charge is 0.278 e. The van der Waals surface area contributed by atoms with Gasteiger partial charge in [-0.1, -0.05) is 13.0 Å². The van der Waals surface area contributed by atoms with E-state index in [1.54, 1.807) is 32.0 Å². The van der Waals surface area contributed by atoms with Crippen molar-refractivity contribution < 1.29 is 13.2 Å². The van der Waals surface area contributed by atoms with Crippen molar-refractivity contribution in [2.24, 2.45) is 0 Å². The summed E-state index contributed by atoms with van der Waals surface area (Å²) in [6.45, 7) is 3.48. The van der Waals surface area contributed by atoms with E-state index in [4.69, 9.17) is 0 Å². The molecule has 2 rings (SSSR count). The van der Waals surface area contributed by atoms with Crippen LogP contribution in [0.5, 0.6) is 0 Å². The quantitative estimate of drug-likeness (QED) is 0.784. The number of nitrogens with one attached hydrogen (secondary N) is 3. The molecule has 8 heteroatoms. The second kappa shape index (κ2) is 5.96. The van der Waals surface area contributed by atoms with Gasteiger partial charge in [-0.25, -0.2) is 4.98 Å². The molecule has 0 aliphatic heterocycles. The summed E-state index contributed by atoms with van der Waals surface area (Å²) in [6, 6.07) is 5.02. The van der Waals surface area contributed by atoms with Gasteiger partial charge in [0, 0.05) is 12.1 Å². The third kappa shape index (κ3) is 3.40. The molecule has 0 radical (unpaired) electrons. The molecule has 0 spiro atoms. The van der Waals surface area contributed by atoms with Crippen molar-refractivity contribution in [1.29, 1.82) is 0 Å². The molecule has 2 aromatic rings. The summed E-state index contributed by atoms with van der Waals surface area (Å²) in [6.07, 6.45) is 2.86. The first-order chi connectivity index (χ1) is 9.94. The van der Waals surface area contributed by atoms with Gasteiger partial charge < -0.3 is 10.3 Å². The number of aromatic amines is 1. The lowest BCUT2D eigenvalue weighted by atomic mass is 10.1. The maximum atomic E-state index is 12.1. The van der Waals surface area contributed by atoms with Crippen molar-refractivity contribution in [3.05, 3.63) is 36.3 Å². The predicted octanol–water partition coefficient (Wildman–Crippen LogP) is 1.87. The van der Waals surface area contributed by atoms with Crippen LogP contribution >= 0.6 is 0 Å². The van der Waals surface area contributed by atoms with Crippen LogP contribution in [-0.2, 0) is 14.8 Å². The highest BCUT2D eigenvalue weighted by Crippen LogP contribution is 2.25. The van der Waals surface area contributed by atoms with Gasteiger partial charge in [-0.05, 0) is 24.6 Å². The van der Waals surface area contributed by atoms with Crippen LogP contribution in [0.25, 0.3) is 0 Å². The molecule has 7 nitrogen and oxygen atoms in total. The number of H-pyrrole nitrogens is 1. The zero-order valence-corrected chi connectivity index (χ0v) is 12.5. The third-order valence-electron chi connectivity index (χ3n) is 2.94. The first kappa shape index (κ1) is 15.0. The van der Waals surface area contributed by atoms with Gasteiger partial charge >= 0.3 is 0 Å². The Kier molecular flexibility index (Phi) is 4.27. The lowest BCUT2D eigenvalue weighted by Crippen LogP contribution is -2.15. The maximum Gasteiger partial charge on any atom is 0.278 e. The number of benzene rings is 1. The normalized spacial score (nSPS) is 11.1. The van der Waals surface area contributed by atoms with Crippen LogP contribution in [0.15, 0.2) is 35.7 Å². The van der Waals surface area contributed by atoms with Crippen LogP contribution in [0.1, 0.15) is 18.9 Å². The van der Waals surface area contributed by atoms with Crippen LogP contribution in [0.3, 0.4) is 0 Å². The monoisotopic (exact) mass is 308 g/mol. The summed E-state index contributed by atoms with van der Waals surface area (Å²) < 4.78 is 26.7. The van der Waals surface area contributed by atoms with Gasteiger partial charge in [0.1, 0.15) is 0 Å². The second-order valence-electron chi connectivity index (χ2n) is 4.40. The van der Waals surface area contributed by atoms with Gasteiger partial charge in [-0.2, -0.15) is 8.42 Å². The van der Waals surface area contributed by atoms with Crippen molar-refractivity contribution >= 4 is 27.3 Å². The van der Waals surface area contributed by atoms with Gasteiger partial charge in [0.2, 0.25) is 5.91 Å². The molecule has 0 bridgehead atoms. The first-order valence-electron chi connectivity index (χ1n) is 6.34. The van der Waals surface area contributed by atoms with E-state index in [-0.39, 0.29) is 10.9 Å². The Morgan fingerprint density at radius 2 is 2.05 bits per heavy atom. The molecule has 3 N–H and O–H groups in total. The van der Waals surface area contributed by atoms with E-state index in [2.05, 4.69) is 20.0 Å². The van der Waals surface area contributed by atoms with Crippen LogP contribution in [0.2, 0.25) is 0 Å². The van der Waals surface area contributed by atoms with Crippen molar-refractivity contribution in [3.63, 3.8) is 0 Å². The highest BCUT2D eigenvalue weighted by atomic mass is 32.2. The number of hydrogen-bond donors (Lipinski definition) is 3. The van der Waals surface area contributed by atoms with Crippen molar-refractivity contribution in [1.82, 2.24) is 9.97 Å². The van der Waals surface area contributed by atoms with Gasteiger partial charge in [0.05, 0.1) is 18.2 Å². The number of amides is 1. The molecular weight excluding hydrogens is 292 g/mol. The fraction of sp³-hybridized carbons (Fsp3) is 0.231. The molecule has 21 heavy (non-hydrogen) atoms. The predicted molar refractivity (Wildman–Crippen MR) is 79.5 cm³/mol. The standard InChI is InChI=1S/C13H16N4O3S/c1-3-12(18)16-10-5-4-6-11(9(10)2)17-21(19,20)13-7-14-8-15-13/h4-8,17H,3H2,1-2H3,(H,14,15)(H,16,18). The average molecular weight is 308 g/mol. The number of sulfonamides is 1. The fourth-order valence-electron chi connectivity index (χ4n) is 1.71. The molecule has 0 fully saturated rings. The number of imidazole rings is 1. The summed E-state index contributed by atoms with van der Waals surface area (Å²) in [5.41, 5.74) is 1.62. The van der Waals surface area contributed by atoms with E-state index in [1.165, 1.54) is 12.5 Å². The summed E-state index contributed by atoms with van der Waals surface area (Å²) >= 11 is 0. The highest BCUT2D eigenvalue weighted by Gasteiger charge is 2.17. The minimum atomic E-state index is -3.72. The van der Waals surface area contributed by atoms with Gasteiger partial charge in [0.15, 0.2) is 5.03 Å². The second-order valence-corrected chi connectivity index (χ2v) is 6.05. The zero-order valence-electron chi connectivity index (χ0n) is 11.7. The van der Waals surface area contributed by atoms with E-state index in [0.717, 1.165) is 0 Å². The molecule has 0 atom stereocenters. The Labute approximate surface area is 122 Å². The Morgan fingerprint density at radius 1 is 1.33 bits per heavy atom. The summed E-state index contributed by atoms with van der Waals surface area (Å²) in [5, 5.41) is 2.70. The summed E-state index contributed by atoms with van der Waals surface area (Å²) in [4.78, 5) is 17.7. The molecule has 1 aromatic heterocycles. The maximum absolute atomic E-state index is 12.1. The summed E-state index contributed by atoms with van der Waals surface area (Å²) in [7, 11) is -3.72. The van der Waals surface area contributed by atoms with Gasteiger partial charge in [-0.15, -0.1) is 0 Å². The number of hydrogen-bond acceptors (Lipinski definition) is 4. The first-order valence-corrected chi connectivity index (χ1v) is 7.83. The molecule has 0 unspecified atom stereocenters. The van der Waals surface area contributed by atoms with Crippen LogP contribution < -0.4 is 10.0 Å². The minimum Gasteiger partial charge on any atom is -0.334 e. The molecular formula is C13H16N4O3S. The van der Waals surface area contributed by atoms with Crippen LogP contribution in [-0.4, -0.2) is 24.3 Å². The highest BCUT2D eigenvalue weighted by molar-refractivity contribution is 7.92. The number of anilines is 2. The molecule has 112 valence electrons. The molecule has 0 saturated heterocycles. The Morgan fingerprint density at radius 3 is 2.67 bits per heavy atom. The van der Waals surface area contributed by atoms with Gasteiger partial charge in [0.25, 0.3) is 10.0 Å². The Bertz CT molecular complexity index is 739. The Balaban J connectivity index is 2.29. The summed E-state index contributed by atoms with van der Waals surface area (Å²) in [5.74, 6) is -0.133. The minimum absolute atomic E-state index is 0.0232. The Hall–Kier alpha value is -2.35. The van der Waals surface area contributed by atoms with E-state index < -0.39 is 10.0 Å². The van der Waals surface area contributed by atoms with Crippen molar-refractivity contribution in [2.75, 3.05) is 10.0 Å².